The average molecular weight is 194 g/mol. The van der Waals surface area contributed by atoms with Crippen LogP contribution in [-0.2, 0) is 0 Å². The molecule has 0 saturated heterocycles. The molecule has 70 valence electrons. The number of thioether (sulfide) groups is 1. The van der Waals surface area contributed by atoms with E-state index in [0.717, 1.165) is 11.8 Å². The van der Waals surface area contributed by atoms with Crippen LogP contribution in [0.2, 0.25) is 0 Å². The van der Waals surface area contributed by atoms with Crippen molar-refractivity contribution < 1.29 is 5.11 Å². The quantitative estimate of drug-likeness (QED) is 0.590. The van der Waals surface area contributed by atoms with Crippen LogP contribution in [0.4, 0.5) is 0 Å². The van der Waals surface area contributed by atoms with Gasteiger partial charge in [-0.3, -0.25) is 0 Å². The van der Waals surface area contributed by atoms with Gasteiger partial charge in [0.05, 0.1) is 5.94 Å². The summed E-state index contributed by atoms with van der Waals surface area (Å²) in [6, 6.07) is 8.53. The fourth-order valence-corrected chi connectivity index (χ4v) is 2.24. The Morgan fingerprint density at radius 3 is 2.92 bits per heavy atom. The highest BCUT2D eigenvalue weighted by molar-refractivity contribution is 7.99. The number of hydrogen-bond acceptors (Lipinski definition) is 2. The van der Waals surface area contributed by atoms with Gasteiger partial charge in [-0.25, -0.2) is 0 Å². The SMILES string of the molecule is CC1CC1c1cccc(SCO)c1. The number of hydrogen-bond donors (Lipinski definition) is 1. The second-order valence-corrected chi connectivity index (χ2v) is 4.68. The molecule has 1 aliphatic rings. The van der Waals surface area contributed by atoms with Crippen molar-refractivity contribution in [3.05, 3.63) is 29.8 Å². The number of aliphatic hydroxyl groups is 1. The van der Waals surface area contributed by atoms with E-state index in [4.69, 9.17) is 5.11 Å². The Balaban J connectivity index is 2.13. The van der Waals surface area contributed by atoms with Gasteiger partial charge in [0, 0.05) is 4.90 Å². The first-order chi connectivity index (χ1) is 6.31. The second-order valence-electron chi connectivity index (χ2n) is 3.67. The molecule has 2 rings (SSSR count). The number of aliphatic hydroxyl groups excluding tert-OH is 1. The molecule has 1 N–H and O–H groups in total. The van der Waals surface area contributed by atoms with E-state index >= 15 is 0 Å². The van der Waals surface area contributed by atoms with Gasteiger partial charge >= 0.3 is 0 Å². The first kappa shape index (κ1) is 9.10. The van der Waals surface area contributed by atoms with Crippen molar-refractivity contribution in [2.75, 3.05) is 5.94 Å². The van der Waals surface area contributed by atoms with E-state index in [1.807, 2.05) is 0 Å². The summed E-state index contributed by atoms with van der Waals surface area (Å²) >= 11 is 1.49. The summed E-state index contributed by atoms with van der Waals surface area (Å²) in [7, 11) is 0. The minimum Gasteiger partial charge on any atom is -0.385 e. The molecule has 2 heteroatoms. The Morgan fingerprint density at radius 2 is 2.31 bits per heavy atom. The Morgan fingerprint density at radius 1 is 1.54 bits per heavy atom. The van der Waals surface area contributed by atoms with Crippen molar-refractivity contribution in [2.45, 2.75) is 24.2 Å². The Hall–Kier alpha value is -0.470. The van der Waals surface area contributed by atoms with E-state index in [9.17, 15) is 0 Å². The standard InChI is InChI=1S/C11H14OS/c1-8-5-11(8)9-3-2-4-10(6-9)13-7-12/h2-4,6,8,11-12H,5,7H2,1H3. The van der Waals surface area contributed by atoms with Crippen molar-refractivity contribution in [2.24, 2.45) is 5.92 Å². The molecule has 1 nitrogen and oxygen atoms in total. The molecule has 0 spiro atoms. The molecule has 1 aromatic rings. The maximum Gasteiger partial charge on any atom is 0.0932 e. The third-order valence-corrected chi connectivity index (χ3v) is 3.34. The average Bonchev–Trinajstić information content (AvgIpc) is 2.84. The molecule has 13 heavy (non-hydrogen) atoms. The molecule has 0 aliphatic heterocycles. The van der Waals surface area contributed by atoms with Crippen LogP contribution in [0.25, 0.3) is 0 Å². The van der Waals surface area contributed by atoms with E-state index in [1.54, 1.807) is 0 Å². The Bertz CT molecular complexity index is 298. The van der Waals surface area contributed by atoms with Gasteiger partial charge in [-0.15, -0.1) is 0 Å². The highest BCUT2D eigenvalue weighted by atomic mass is 32.2. The minimum absolute atomic E-state index is 0.170. The third-order valence-electron chi connectivity index (χ3n) is 2.63. The fraction of sp³-hybridized carbons (Fsp3) is 0.455. The van der Waals surface area contributed by atoms with Gasteiger partial charge in [-0.05, 0) is 36.0 Å². The van der Waals surface area contributed by atoms with E-state index in [2.05, 4.69) is 31.2 Å². The number of benzene rings is 1. The van der Waals surface area contributed by atoms with Crippen LogP contribution in [0.1, 0.15) is 24.8 Å². The van der Waals surface area contributed by atoms with Crippen molar-refractivity contribution in [3.63, 3.8) is 0 Å². The lowest BCUT2D eigenvalue weighted by Crippen LogP contribution is -1.82. The molecule has 2 unspecified atom stereocenters. The molecule has 1 saturated carbocycles. The topological polar surface area (TPSA) is 20.2 Å². The zero-order valence-corrected chi connectivity index (χ0v) is 8.55. The minimum atomic E-state index is 0.170. The summed E-state index contributed by atoms with van der Waals surface area (Å²) in [5.74, 6) is 1.80. The van der Waals surface area contributed by atoms with Gasteiger partial charge < -0.3 is 5.11 Å². The molecular formula is C11H14OS. The van der Waals surface area contributed by atoms with Crippen LogP contribution >= 0.6 is 11.8 Å². The predicted molar refractivity (Wildman–Crippen MR) is 55.9 cm³/mol. The van der Waals surface area contributed by atoms with Gasteiger partial charge in [0.15, 0.2) is 0 Å². The zero-order chi connectivity index (χ0) is 9.26. The largest absolute Gasteiger partial charge is 0.385 e. The summed E-state index contributed by atoms with van der Waals surface area (Å²) < 4.78 is 0. The molecule has 1 aromatic carbocycles. The molecular weight excluding hydrogens is 180 g/mol. The fourth-order valence-electron chi connectivity index (χ4n) is 1.70. The second kappa shape index (κ2) is 3.72. The van der Waals surface area contributed by atoms with E-state index in [1.165, 1.54) is 28.6 Å². The maximum absolute atomic E-state index is 8.78. The van der Waals surface area contributed by atoms with Crippen molar-refractivity contribution >= 4 is 11.8 Å². The first-order valence-corrected chi connectivity index (χ1v) is 5.63. The Kier molecular flexibility index (Phi) is 2.61. The summed E-state index contributed by atoms with van der Waals surface area (Å²) in [5.41, 5.74) is 1.44. The highest BCUT2D eigenvalue weighted by Crippen LogP contribution is 2.47. The van der Waals surface area contributed by atoms with Gasteiger partial charge in [0.25, 0.3) is 0 Å². The van der Waals surface area contributed by atoms with E-state index < -0.39 is 0 Å². The van der Waals surface area contributed by atoms with Gasteiger partial charge in [-0.2, -0.15) is 0 Å². The van der Waals surface area contributed by atoms with Crippen molar-refractivity contribution in [1.82, 2.24) is 0 Å². The number of rotatable bonds is 3. The molecule has 0 aromatic heterocycles. The molecule has 0 radical (unpaired) electrons. The molecule has 2 atom stereocenters. The smallest absolute Gasteiger partial charge is 0.0932 e. The maximum atomic E-state index is 8.78. The molecule has 1 aliphatic carbocycles. The van der Waals surface area contributed by atoms with Crippen molar-refractivity contribution in [3.8, 4) is 0 Å². The molecule has 0 amide bonds. The summed E-state index contributed by atoms with van der Waals surface area (Å²) in [6.07, 6.45) is 1.33. The van der Waals surface area contributed by atoms with Crippen LogP contribution in [0.15, 0.2) is 29.2 Å². The summed E-state index contributed by atoms with van der Waals surface area (Å²) in [4.78, 5) is 1.18. The first-order valence-electron chi connectivity index (χ1n) is 4.65. The van der Waals surface area contributed by atoms with Gasteiger partial charge in [0.1, 0.15) is 0 Å². The highest BCUT2D eigenvalue weighted by Gasteiger charge is 2.33. The van der Waals surface area contributed by atoms with E-state index in [-0.39, 0.29) is 5.94 Å². The van der Waals surface area contributed by atoms with Crippen LogP contribution in [-0.4, -0.2) is 11.0 Å². The van der Waals surface area contributed by atoms with E-state index in [0.29, 0.717) is 0 Å². The van der Waals surface area contributed by atoms with Crippen LogP contribution < -0.4 is 0 Å². The monoisotopic (exact) mass is 194 g/mol. The van der Waals surface area contributed by atoms with Crippen molar-refractivity contribution in [1.29, 1.82) is 0 Å². The van der Waals surface area contributed by atoms with Crippen LogP contribution in [0.5, 0.6) is 0 Å². The zero-order valence-electron chi connectivity index (χ0n) is 7.73. The molecule has 1 fully saturated rings. The lowest BCUT2D eigenvalue weighted by Gasteiger charge is -2.02. The van der Waals surface area contributed by atoms with Gasteiger partial charge in [0.2, 0.25) is 0 Å². The lowest BCUT2D eigenvalue weighted by atomic mass is 10.1. The third kappa shape index (κ3) is 2.06. The Labute approximate surface area is 83.2 Å². The lowest BCUT2D eigenvalue weighted by molar-refractivity contribution is 0.375. The van der Waals surface area contributed by atoms with Crippen LogP contribution in [0.3, 0.4) is 0 Å². The normalized spacial score (nSPS) is 26.0. The molecule has 0 bridgehead atoms. The summed E-state index contributed by atoms with van der Waals surface area (Å²) in [6.45, 7) is 2.29. The van der Waals surface area contributed by atoms with Gasteiger partial charge in [-0.1, -0.05) is 30.8 Å². The predicted octanol–water partition coefficient (Wildman–Crippen LogP) is 2.85. The summed E-state index contributed by atoms with van der Waals surface area (Å²) in [5, 5.41) is 8.78. The van der Waals surface area contributed by atoms with Crippen LogP contribution in [0, 0.1) is 5.92 Å². The molecule has 0 heterocycles.